The van der Waals surface area contributed by atoms with Crippen LogP contribution in [0, 0.1) is 13.8 Å². The Labute approximate surface area is 94.1 Å². The van der Waals surface area contributed by atoms with Crippen LogP contribution in [0.4, 0.5) is 0 Å². The largest absolute Gasteiger partial charge is 0.464 e. The summed E-state index contributed by atoms with van der Waals surface area (Å²) in [5.41, 5.74) is 2.35. The maximum Gasteiger partial charge on any atom is 0.357 e. The molecule has 0 atom stereocenters. The summed E-state index contributed by atoms with van der Waals surface area (Å²) in [4.78, 5) is 15.9. The van der Waals surface area contributed by atoms with E-state index in [1.807, 2.05) is 38.1 Å². The number of esters is 1. The summed E-state index contributed by atoms with van der Waals surface area (Å²) in [6.45, 7) is 3.90. The zero-order valence-corrected chi connectivity index (χ0v) is 9.57. The summed E-state index contributed by atoms with van der Waals surface area (Å²) < 4.78 is 4.74. The van der Waals surface area contributed by atoms with E-state index >= 15 is 0 Å². The van der Waals surface area contributed by atoms with Crippen LogP contribution in [0.1, 0.15) is 21.7 Å². The van der Waals surface area contributed by atoms with E-state index in [9.17, 15) is 4.79 Å². The fourth-order valence-electron chi connectivity index (χ4n) is 1.78. The van der Waals surface area contributed by atoms with E-state index in [1.54, 1.807) is 0 Å². The first-order valence-electron chi connectivity index (χ1n) is 5.09. The molecule has 0 N–H and O–H groups in total. The first-order valence-corrected chi connectivity index (χ1v) is 5.09. The molecule has 0 aliphatic carbocycles. The van der Waals surface area contributed by atoms with E-state index in [4.69, 9.17) is 4.74 Å². The molecule has 3 heteroatoms. The molecule has 82 valence electrons. The number of rotatable bonds is 1. The minimum absolute atomic E-state index is 0.390. The van der Waals surface area contributed by atoms with Gasteiger partial charge in [-0.2, -0.15) is 0 Å². The molecule has 2 rings (SSSR count). The van der Waals surface area contributed by atoms with Crippen LogP contribution in [-0.2, 0) is 4.74 Å². The van der Waals surface area contributed by atoms with Crippen LogP contribution in [0.15, 0.2) is 24.3 Å². The Morgan fingerprint density at radius 1 is 1.19 bits per heavy atom. The van der Waals surface area contributed by atoms with Crippen molar-refractivity contribution in [3.8, 4) is 0 Å². The highest BCUT2D eigenvalue weighted by molar-refractivity contribution is 6.03. The van der Waals surface area contributed by atoms with E-state index in [-0.39, 0.29) is 5.97 Å². The molecule has 0 saturated carbocycles. The average Bonchev–Trinajstić information content (AvgIpc) is 2.33. The molecule has 3 nitrogen and oxygen atoms in total. The Balaban J connectivity index is 2.85. The van der Waals surface area contributed by atoms with Crippen molar-refractivity contribution in [2.24, 2.45) is 0 Å². The fourth-order valence-corrected chi connectivity index (χ4v) is 1.78. The number of fused-ring (bicyclic) bond motifs is 1. The molecule has 16 heavy (non-hydrogen) atoms. The molecule has 0 aliphatic heterocycles. The molecule has 0 amide bonds. The van der Waals surface area contributed by atoms with Gasteiger partial charge in [0, 0.05) is 11.1 Å². The van der Waals surface area contributed by atoms with Crippen molar-refractivity contribution in [1.29, 1.82) is 0 Å². The maximum atomic E-state index is 11.6. The van der Waals surface area contributed by atoms with E-state index in [1.165, 1.54) is 7.11 Å². The lowest BCUT2D eigenvalue weighted by Gasteiger charge is -2.09. The monoisotopic (exact) mass is 215 g/mol. The zero-order chi connectivity index (χ0) is 11.7. The molecular weight excluding hydrogens is 202 g/mol. The normalized spacial score (nSPS) is 10.4. The number of aromatic nitrogens is 1. The van der Waals surface area contributed by atoms with Crippen LogP contribution in [0.5, 0.6) is 0 Å². The third-order valence-electron chi connectivity index (χ3n) is 2.79. The number of carbonyl (C=O) groups excluding carboxylic acids is 1. The summed E-state index contributed by atoms with van der Waals surface area (Å²) in [5, 5.41) is 1.90. The Morgan fingerprint density at radius 3 is 2.44 bits per heavy atom. The van der Waals surface area contributed by atoms with Crippen molar-refractivity contribution in [2.45, 2.75) is 13.8 Å². The quantitative estimate of drug-likeness (QED) is 0.686. The molecule has 1 heterocycles. The van der Waals surface area contributed by atoms with Crippen molar-refractivity contribution in [3.63, 3.8) is 0 Å². The standard InChI is InChI=1S/C13H13NO2/c1-8-9(2)14-12(13(15)16-3)11-7-5-4-6-10(8)11/h4-7H,1-3H3. The topological polar surface area (TPSA) is 39.2 Å². The number of nitrogens with zero attached hydrogens (tertiary/aromatic N) is 1. The lowest BCUT2D eigenvalue weighted by Crippen LogP contribution is -2.07. The van der Waals surface area contributed by atoms with Gasteiger partial charge in [-0.05, 0) is 24.8 Å². The van der Waals surface area contributed by atoms with E-state index in [0.717, 1.165) is 22.0 Å². The van der Waals surface area contributed by atoms with Crippen LogP contribution in [0.25, 0.3) is 10.8 Å². The van der Waals surface area contributed by atoms with Gasteiger partial charge in [-0.25, -0.2) is 9.78 Å². The highest BCUT2D eigenvalue weighted by Crippen LogP contribution is 2.23. The number of methoxy groups -OCH3 is 1. The van der Waals surface area contributed by atoms with Crippen molar-refractivity contribution < 1.29 is 9.53 Å². The SMILES string of the molecule is COC(=O)c1nc(C)c(C)c2ccccc12. The molecule has 0 unspecified atom stereocenters. The first kappa shape index (κ1) is 10.6. The van der Waals surface area contributed by atoms with Gasteiger partial charge in [-0.1, -0.05) is 24.3 Å². The number of pyridine rings is 1. The minimum atomic E-state index is -0.390. The van der Waals surface area contributed by atoms with Crippen molar-refractivity contribution in [3.05, 3.63) is 41.2 Å². The van der Waals surface area contributed by atoms with E-state index in [2.05, 4.69) is 4.98 Å². The molecule has 2 aromatic rings. The second-order valence-electron chi connectivity index (χ2n) is 3.71. The number of ether oxygens (including phenoxy) is 1. The van der Waals surface area contributed by atoms with Gasteiger partial charge in [-0.15, -0.1) is 0 Å². The number of carbonyl (C=O) groups is 1. The van der Waals surface area contributed by atoms with Gasteiger partial charge in [0.15, 0.2) is 5.69 Å². The second-order valence-corrected chi connectivity index (χ2v) is 3.71. The van der Waals surface area contributed by atoms with Gasteiger partial charge in [0.2, 0.25) is 0 Å². The van der Waals surface area contributed by atoms with Crippen LogP contribution in [0.2, 0.25) is 0 Å². The fraction of sp³-hybridized carbons (Fsp3) is 0.231. The second kappa shape index (κ2) is 3.93. The molecule has 0 saturated heterocycles. The highest BCUT2D eigenvalue weighted by Gasteiger charge is 2.14. The summed E-state index contributed by atoms with van der Waals surface area (Å²) >= 11 is 0. The molecule has 0 bridgehead atoms. The number of aryl methyl sites for hydroxylation is 2. The van der Waals surface area contributed by atoms with Gasteiger partial charge in [0.25, 0.3) is 0 Å². The van der Waals surface area contributed by atoms with Crippen LogP contribution in [0.3, 0.4) is 0 Å². The predicted octanol–water partition coefficient (Wildman–Crippen LogP) is 2.64. The van der Waals surface area contributed by atoms with Crippen molar-refractivity contribution in [2.75, 3.05) is 7.11 Å². The van der Waals surface area contributed by atoms with E-state index < -0.39 is 0 Å². The van der Waals surface area contributed by atoms with Crippen LogP contribution in [-0.4, -0.2) is 18.1 Å². The Hall–Kier alpha value is -1.90. The third-order valence-corrected chi connectivity index (χ3v) is 2.79. The number of hydrogen-bond donors (Lipinski definition) is 0. The third kappa shape index (κ3) is 1.54. The summed E-state index contributed by atoms with van der Waals surface area (Å²) in [5.74, 6) is -0.390. The van der Waals surface area contributed by atoms with Crippen molar-refractivity contribution in [1.82, 2.24) is 4.98 Å². The highest BCUT2D eigenvalue weighted by atomic mass is 16.5. The van der Waals surface area contributed by atoms with Gasteiger partial charge in [0.1, 0.15) is 0 Å². The lowest BCUT2D eigenvalue weighted by atomic mass is 10.0. The molecule has 0 spiro atoms. The molecule has 1 aromatic heterocycles. The average molecular weight is 215 g/mol. The molecule has 0 aliphatic rings. The molecule has 1 aromatic carbocycles. The van der Waals surface area contributed by atoms with Gasteiger partial charge in [-0.3, -0.25) is 0 Å². The lowest BCUT2D eigenvalue weighted by molar-refractivity contribution is 0.0596. The van der Waals surface area contributed by atoms with Gasteiger partial charge < -0.3 is 4.74 Å². The van der Waals surface area contributed by atoms with Crippen LogP contribution < -0.4 is 0 Å². The zero-order valence-electron chi connectivity index (χ0n) is 9.57. The van der Waals surface area contributed by atoms with Gasteiger partial charge >= 0.3 is 5.97 Å². The summed E-state index contributed by atoms with van der Waals surface area (Å²) in [6.07, 6.45) is 0. The Bertz CT molecular complexity index is 561. The van der Waals surface area contributed by atoms with Crippen LogP contribution >= 0.6 is 0 Å². The predicted molar refractivity (Wildman–Crippen MR) is 62.6 cm³/mol. The molecule has 0 fully saturated rings. The number of hydrogen-bond acceptors (Lipinski definition) is 3. The smallest absolute Gasteiger partial charge is 0.357 e. The molecule has 0 radical (unpaired) electrons. The van der Waals surface area contributed by atoms with Crippen molar-refractivity contribution >= 4 is 16.7 Å². The van der Waals surface area contributed by atoms with E-state index in [0.29, 0.717) is 5.69 Å². The van der Waals surface area contributed by atoms with Gasteiger partial charge in [0.05, 0.1) is 7.11 Å². The number of benzene rings is 1. The Kier molecular flexibility index (Phi) is 2.60. The Morgan fingerprint density at radius 2 is 1.81 bits per heavy atom. The minimum Gasteiger partial charge on any atom is -0.464 e. The summed E-state index contributed by atoms with van der Waals surface area (Å²) in [7, 11) is 1.37. The summed E-state index contributed by atoms with van der Waals surface area (Å²) in [6, 6.07) is 7.73. The first-order chi connectivity index (χ1) is 7.65. The maximum absolute atomic E-state index is 11.6. The molecular formula is C13H13NO2.